The number of hydrogen-bond acceptors (Lipinski definition) is 4. The van der Waals surface area contributed by atoms with Gasteiger partial charge in [0.2, 0.25) is 0 Å². The Morgan fingerprint density at radius 2 is 2.16 bits per heavy atom. The van der Waals surface area contributed by atoms with E-state index >= 15 is 0 Å². The quantitative estimate of drug-likeness (QED) is 0.617. The smallest absolute Gasteiger partial charge is 0.330 e. The topological polar surface area (TPSA) is 44.8 Å². The first-order chi connectivity index (χ1) is 9.05. The molecule has 1 aromatic carbocycles. The summed E-state index contributed by atoms with van der Waals surface area (Å²) in [4.78, 5) is 11.5. The summed E-state index contributed by atoms with van der Waals surface area (Å²) in [5.41, 5.74) is 0.964. The SMILES string of the molecule is CC1(C)OC[C@H](/C=C\C(=O)OCc2ccccc2)O1. The van der Waals surface area contributed by atoms with Crippen molar-refractivity contribution in [3.8, 4) is 0 Å². The second-order valence-corrected chi connectivity index (χ2v) is 4.82. The van der Waals surface area contributed by atoms with Crippen LogP contribution in [0.15, 0.2) is 42.5 Å². The van der Waals surface area contributed by atoms with Gasteiger partial charge in [-0.3, -0.25) is 0 Å². The van der Waals surface area contributed by atoms with Crippen LogP contribution < -0.4 is 0 Å². The Balaban J connectivity index is 1.76. The molecule has 0 bridgehead atoms. The first kappa shape index (κ1) is 13.8. The number of esters is 1. The summed E-state index contributed by atoms with van der Waals surface area (Å²) in [5, 5.41) is 0. The predicted molar refractivity (Wildman–Crippen MR) is 70.3 cm³/mol. The third kappa shape index (κ3) is 4.50. The van der Waals surface area contributed by atoms with Gasteiger partial charge in [-0.05, 0) is 25.5 Å². The molecule has 1 atom stereocenters. The Kier molecular flexibility index (Phi) is 4.35. The van der Waals surface area contributed by atoms with Gasteiger partial charge < -0.3 is 14.2 Å². The number of hydrogen-bond donors (Lipinski definition) is 0. The van der Waals surface area contributed by atoms with E-state index in [4.69, 9.17) is 14.2 Å². The van der Waals surface area contributed by atoms with Crippen molar-refractivity contribution in [1.82, 2.24) is 0 Å². The maximum absolute atomic E-state index is 11.5. The van der Waals surface area contributed by atoms with Gasteiger partial charge in [-0.1, -0.05) is 30.3 Å². The van der Waals surface area contributed by atoms with Gasteiger partial charge in [-0.15, -0.1) is 0 Å². The summed E-state index contributed by atoms with van der Waals surface area (Å²) in [6.45, 7) is 4.41. The maximum atomic E-state index is 11.5. The normalized spacial score (nSPS) is 21.7. The molecule has 0 unspecified atom stereocenters. The molecule has 19 heavy (non-hydrogen) atoms. The highest BCUT2D eigenvalue weighted by Gasteiger charge is 2.31. The van der Waals surface area contributed by atoms with Crippen molar-refractivity contribution in [2.24, 2.45) is 0 Å². The summed E-state index contributed by atoms with van der Waals surface area (Å²) in [5.74, 6) is -0.958. The van der Waals surface area contributed by atoms with E-state index in [9.17, 15) is 4.79 Å². The van der Waals surface area contributed by atoms with Crippen LogP contribution in [0.2, 0.25) is 0 Å². The molecule has 1 aromatic rings. The molecule has 2 rings (SSSR count). The molecule has 0 saturated carbocycles. The Labute approximate surface area is 113 Å². The highest BCUT2D eigenvalue weighted by molar-refractivity contribution is 5.82. The zero-order valence-electron chi connectivity index (χ0n) is 11.2. The van der Waals surface area contributed by atoms with E-state index in [2.05, 4.69) is 0 Å². The van der Waals surface area contributed by atoms with Crippen molar-refractivity contribution in [3.63, 3.8) is 0 Å². The molecular formula is C15H18O4. The number of carbonyl (C=O) groups is 1. The second kappa shape index (κ2) is 5.99. The van der Waals surface area contributed by atoms with Crippen LogP contribution in [0.1, 0.15) is 19.4 Å². The fraction of sp³-hybridized carbons (Fsp3) is 0.400. The molecule has 102 valence electrons. The van der Waals surface area contributed by atoms with Crippen molar-refractivity contribution in [2.75, 3.05) is 6.61 Å². The number of ether oxygens (including phenoxy) is 3. The van der Waals surface area contributed by atoms with Crippen molar-refractivity contribution < 1.29 is 19.0 Å². The van der Waals surface area contributed by atoms with Gasteiger partial charge in [0, 0.05) is 6.08 Å². The van der Waals surface area contributed by atoms with E-state index in [1.165, 1.54) is 6.08 Å². The molecule has 1 aliphatic rings. The Morgan fingerprint density at radius 3 is 2.79 bits per heavy atom. The van der Waals surface area contributed by atoms with E-state index in [0.29, 0.717) is 6.61 Å². The summed E-state index contributed by atoms with van der Waals surface area (Å²) in [6, 6.07) is 9.56. The highest BCUT2D eigenvalue weighted by Crippen LogP contribution is 2.22. The molecule has 0 radical (unpaired) electrons. The van der Waals surface area contributed by atoms with E-state index in [1.807, 2.05) is 44.2 Å². The minimum atomic E-state index is -0.580. The third-order valence-corrected chi connectivity index (χ3v) is 2.70. The molecule has 0 spiro atoms. The van der Waals surface area contributed by atoms with Gasteiger partial charge in [-0.2, -0.15) is 0 Å². The summed E-state index contributed by atoms with van der Waals surface area (Å²) in [6.07, 6.45) is 2.86. The second-order valence-electron chi connectivity index (χ2n) is 4.82. The van der Waals surface area contributed by atoms with Crippen LogP contribution in [0, 0.1) is 0 Å². The molecule has 1 fully saturated rings. The molecule has 1 aliphatic heterocycles. The lowest BCUT2D eigenvalue weighted by atomic mass is 10.2. The highest BCUT2D eigenvalue weighted by atomic mass is 16.7. The summed E-state index contributed by atoms with van der Waals surface area (Å²) in [7, 11) is 0. The van der Waals surface area contributed by atoms with Gasteiger partial charge in [-0.25, -0.2) is 4.79 Å². The van der Waals surface area contributed by atoms with E-state index in [1.54, 1.807) is 6.08 Å². The lowest BCUT2D eigenvalue weighted by molar-refractivity contribution is -0.139. The average Bonchev–Trinajstić information content (AvgIpc) is 2.75. The summed E-state index contributed by atoms with van der Waals surface area (Å²) < 4.78 is 16.1. The lowest BCUT2D eigenvalue weighted by Crippen LogP contribution is -2.20. The maximum Gasteiger partial charge on any atom is 0.330 e. The zero-order valence-corrected chi connectivity index (χ0v) is 11.2. The molecule has 1 saturated heterocycles. The van der Waals surface area contributed by atoms with Crippen LogP contribution >= 0.6 is 0 Å². The molecule has 1 heterocycles. The average molecular weight is 262 g/mol. The zero-order chi connectivity index (χ0) is 13.7. The Hall–Kier alpha value is -1.65. The standard InChI is InChI=1S/C15H18O4/c1-15(2)18-11-13(19-15)8-9-14(16)17-10-12-6-4-3-5-7-12/h3-9,13H,10-11H2,1-2H3/b9-8-/t13-/m0/s1. The van der Waals surface area contributed by atoms with Gasteiger partial charge in [0.05, 0.1) is 6.61 Å². The van der Waals surface area contributed by atoms with E-state index in [0.717, 1.165) is 5.56 Å². The van der Waals surface area contributed by atoms with Gasteiger partial charge in [0.15, 0.2) is 5.79 Å². The predicted octanol–water partition coefficient (Wildman–Crippen LogP) is 2.44. The first-order valence-electron chi connectivity index (χ1n) is 6.26. The Morgan fingerprint density at radius 1 is 1.42 bits per heavy atom. The fourth-order valence-corrected chi connectivity index (χ4v) is 1.77. The molecule has 0 N–H and O–H groups in total. The van der Waals surface area contributed by atoms with E-state index in [-0.39, 0.29) is 18.7 Å². The minimum absolute atomic E-state index is 0.195. The first-order valence-corrected chi connectivity index (χ1v) is 6.26. The van der Waals surface area contributed by atoms with Crippen LogP contribution in [-0.2, 0) is 25.6 Å². The van der Waals surface area contributed by atoms with Gasteiger partial charge >= 0.3 is 5.97 Å². The molecule has 0 amide bonds. The number of benzene rings is 1. The van der Waals surface area contributed by atoms with Crippen molar-refractivity contribution >= 4 is 5.97 Å². The van der Waals surface area contributed by atoms with E-state index < -0.39 is 5.79 Å². The number of carbonyl (C=O) groups excluding carboxylic acids is 1. The van der Waals surface area contributed by atoms with Crippen LogP contribution in [0.4, 0.5) is 0 Å². The Bertz CT molecular complexity index is 450. The van der Waals surface area contributed by atoms with Crippen molar-refractivity contribution in [1.29, 1.82) is 0 Å². The molecule has 4 heteroatoms. The lowest BCUT2D eigenvalue weighted by Gasteiger charge is -2.15. The van der Waals surface area contributed by atoms with Gasteiger partial charge in [0.1, 0.15) is 12.7 Å². The monoisotopic (exact) mass is 262 g/mol. The fourth-order valence-electron chi connectivity index (χ4n) is 1.77. The van der Waals surface area contributed by atoms with Crippen molar-refractivity contribution in [3.05, 3.63) is 48.0 Å². The molecule has 0 aliphatic carbocycles. The third-order valence-electron chi connectivity index (χ3n) is 2.70. The number of rotatable bonds is 4. The molecule has 0 aromatic heterocycles. The van der Waals surface area contributed by atoms with Gasteiger partial charge in [0.25, 0.3) is 0 Å². The van der Waals surface area contributed by atoms with Crippen LogP contribution in [-0.4, -0.2) is 24.5 Å². The van der Waals surface area contributed by atoms with Crippen LogP contribution in [0.3, 0.4) is 0 Å². The summed E-state index contributed by atoms with van der Waals surface area (Å²) >= 11 is 0. The minimum Gasteiger partial charge on any atom is -0.458 e. The molecular weight excluding hydrogens is 244 g/mol. The van der Waals surface area contributed by atoms with Crippen LogP contribution in [0.5, 0.6) is 0 Å². The van der Waals surface area contributed by atoms with Crippen LogP contribution in [0.25, 0.3) is 0 Å². The van der Waals surface area contributed by atoms with Crippen molar-refractivity contribution in [2.45, 2.75) is 32.3 Å². The molecule has 4 nitrogen and oxygen atoms in total. The largest absolute Gasteiger partial charge is 0.458 e.